The monoisotopic (exact) mass is 1160 g/mol. The molecule has 90 heavy (non-hydrogen) atoms. The smallest absolute Gasteiger partial charge is 0.218 e. The molecule has 0 bridgehead atoms. The quantitative estimate of drug-likeness (QED) is 0.136. The number of hydrogen-bond donors (Lipinski definition) is 0. The van der Waals surface area contributed by atoms with Gasteiger partial charge in [0.1, 0.15) is 32.7 Å². The highest BCUT2D eigenvalue weighted by molar-refractivity contribution is 6.03. The zero-order valence-electron chi connectivity index (χ0n) is 49.0. The van der Waals surface area contributed by atoms with Crippen LogP contribution in [0, 0.1) is 0 Å². The predicted octanol–water partition coefficient (Wildman–Crippen LogP) is 14.5. The van der Waals surface area contributed by atoms with Crippen LogP contribution in [0.3, 0.4) is 0 Å². The molecule has 0 fully saturated rings. The van der Waals surface area contributed by atoms with Crippen molar-refractivity contribution >= 4 is 137 Å². The Kier molecular flexibility index (Phi) is 9.64. The molecule has 0 saturated carbocycles. The van der Waals surface area contributed by atoms with E-state index in [1.807, 2.05) is 0 Å². The molecule has 0 amide bonds. The number of imidazole rings is 5. The number of para-hydroxylation sites is 10. The van der Waals surface area contributed by atoms with Gasteiger partial charge < -0.3 is 0 Å². The Labute approximate surface area is 513 Å². The van der Waals surface area contributed by atoms with Crippen LogP contribution in [-0.4, -0.2) is 22.0 Å². The molecule has 10 nitrogen and oxygen atoms in total. The van der Waals surface area contributed by atoms with Gasteiger partial charge in [0.2, 0.25) is 0 Å². The first-order valence-corrected chi connectivity index (χ1v) is 31.3. The summed E-state index contributed by atoms with van der Waals surface area (Å²) in [7, 11) is 0. The Bertz CT molecular complexity index is 5660. The van der Waals surface area contributed by atoms with Crippen molar-refractivity contribution in [3.63, 3.8) is 0 Å². The second-order valence-corrected chi connectivity index (χ2v) is 24.8. The molecule has 0 spiro atoms. The van der Waals surface area contributed by atoms with Crippen LogP contribution < -0.4 is 22.8 Å². The van der Waals surface area contributed by atoms with Gasteiger partial charge in [0, 0.05) is 27.8 Å². The average molecular weight is 1160 g/mol. The van der Waals surface area contributed by atoms with Crippen molar-refractivity contribution in [3.8, 4) is 0 Å². The summed E-state index contributed by atoms with van der Waals surface area (Å²) < 4.78 is 23.7. The molecular weight excluding hydrogens is 1100 g/mol. The molecule has 0 unspecified atom stereocenters. The molecule has 20 aromatic rings. The maximum atomic E-state index is 2.42. The number of pyridine rings is 5. The molecule has 0 aliphatic carbocycles. The summed E-state index contributed by atoms with van der Waals surface area (Å²) in [4.78, 5) is 0. The van der Waals surface area contributed by atoms with E-state index < -0.39 is 0 Å². The molecule has 0 N–H and O–H groups in total. The fourth-order valence-electron chi connectivity index (χ4n) is 16.5. The maximum absolute atomic E-state index is 2.42. The summed E-state index contributed by atoms with van der Waals surface area (Å²) in [5.74, 6) is 0. The average Bonchev–Trinajstić information content (AvgIpc) is 1.68. The Hall–Kier alpha value is -11.8. The summed E-state index contributed by atoms with van der Waals surface area (Å²) in [6.07, 6.45) is 10.9. The van der Waals surface area contributed by atoms with Gasteiger partial charge >= 0.3 is 0 Å². The zero-order valence-corrected chi connectivity index (χ0v) is 49.0. The van der Waals surface area contributed by atoms with Gasteiger partial charge in [0.25, 0.3) is 28.2 Å². The number of fused-ring (bicyclic) bond motifs is 15. The number of rotatable bonds is 0. The summed E-state index contributed by atoms with van der Waals surface area (Å²) in [6, 6.07) is 87.2. The van der Waals surface area contributed by atoms with E-state index in [0.717, 1.165) is 32.7 Å². The van der Waals surface area contributed by atoms with Gasteiger partial charge in [-0.1, -0.05) is 152 Å². The Balaban J connectivity index is 0.0000000764. The molecule has 15 heterocycles. The molecule has 10 aromatic heterocycles. The fraction of sp³-hybridized carbons (Fsp3) is 0.0625. The van der Waals surface area contributed by atoms with Crippen LogP contribution in [0.15, 0.2) is 274 Å². The van der Waals surface area contributed by atoms with Crippen molar-refractivity contribution < 1.29 is 22.8 Å². The molecule has 10 heteroatoms. The minimum atomic E-state index is 0.994. The Morgan fingerprint density at radius 1 is 0.189 bits per heavy atom. The Morgan fingerprint density at radius 2 is 0.378 bits per heavy atom. The van der Waals surface area contributed by atoms with Crippen LogP contribution in [0.25, 0.3) is 137 Å². The lowest BCUT2D eigenvalue weighted by Gasteiger charge is -1.97. The van der Waals surface area contributed by atoms with Crippen molar-refractivity contribution in [1.29, 1.82) is 0 Å². The Morgan fingerprint density at radius 3 is 0.578 bits per heavy atom. The third-order valence-corrected chi connectivity index (χ3v) is 20.3. The van der Waals surface area contributed by atoms with Gasteiger partial charge in [-0.2, -0.15) is 22.0 Å². The third kappa shape index (κ3) is 6.47. The van der Waals surface area contributed by atoms with Crippen LogP contribution in [0.4, 0.5) is 0 Å². The highest BCUT2D eigenvalue weighted by Crippen LogP contribution is 2.36. The molecule has 5 aliphatic heterocycles. The summed E-state index contributed by atoms with van der Waals surface area (Å²) in [6.45, 7) is 4.97. The first-order chi connectivity index (χ1) is 44.7. The van der Waals surface area contributed by atoms with Gasteiger partial charge in [-0.25, -0.2) is 22.8 Å². The van der Waals surface area contributed by atoms with E-state index in [1.165, 1.54) is 165 Å². The van der Waals surface area contributed by atoms with E-state index in [0.29, 0.717) is 0 Å². The van der Waals surface area contributed by atoms with E-state index in [-0.39, 0.29) is 0 Å². The topological polar surface area (TPSA) is 41.4 Å². The zero-order chi connectivity index (χ0) is 58.4. The van der Waals surface area contributed by atoms with Crippen LogP contribution in [0.1, 0.15) is 27.8 Å². The standard InChI is InChI=1S/5C16H11N2/c5*1-2-7-14-13(6-1)17-9-8-11-4-3-5-12-10-18(14)16(17)15(11)12/h5*1-9H,10H2/q5*+1. The number of aromatic nitrogens is 10. The number of benzene rings is 10. The van der Waals surface area contributed by atoms with Gasteiger partial charge in [0.05, 0.1) is 57.9 Å². The molecule has 0 radical (unpaired) electrons. The van der Waals surface area contributed by atoms with Crippen molar-refractivity contribution in [2.24, 2.45) is 0 Å². The van der Waals surface area contributed by atoms with E-state index in [4.69, 9.17) is 0 Å². The van der Waals surface area contributed by atoms with E-state index in [9.17, 15) is 0 Å². The molecular formula is C80H55N10+5. The fourth-order valence-corrected chi connectivity index (χ4v) is 16.5. The molecule has 0 saturated heterocycles. The minimum Gasteiger partial charge on any atom is -0.218 e. The van der Waals surface area contributed by atoms with E-state index >= 15 is 0 Å². The lowest BCUT2D eigenvalue weighted by atomic mass is 10.1. The second kappa shape index (κ2) is 17.9. The highest BCUT2D eigenvalue weighted by Gasteiger charge is 2.33. The van der Waals surface area contributed by atoms with E-state index in [2.05, 4.69) is 318 Å². The first-order valence-electron chi connectivity index (χ1n) is 31.3. The first kappa shape index (κ1) is 48.4. The second-order valence-electron chi connectivity index (χ2n) is 24.8. The van der Waals surface area contributed by atoms with Crippen molar-refractivity contribution in [2.75, 3.05) is 0 Å². The molecule has 5 aliphatic rings. The summed E-state index contributed by atoms with van der Waals surface area (Å²) >= 11 is 0. The number of nitrogens with zero attached hydrogens (tertiary/aromatic N) is 10. The largest absolute Gasteiger partial charge is 0.295 e. The summed E-state index contributed by atoms with van der Waals surface area (Å²) in [5, 5.41) is 13.8. The SMILES string of the molecule is c1cc2c3c(c1)ccn1c4ccccc4[n+](c31)C2.c1cc2c3c(c1)ccn1c4ccccc4[n+](c31)C2.c1cc2c3c(c1)ccn1c4ccccc4[n+](c31)C2.c1cc2c3c(c1)ccn1c4ccccc4[n+](c31)C2.c1cc2c3c(c1)ccn1c4ccccc4[n+](c31)C2. The lowest BCUT2D eigenvalue weighted by molar-refractivity contribution is -0.631. The maximum Gasteiger partial charge on any atom is 0.295 e. The van der Waals surface area contributed by atoms with Crippen molar-refractivity contribution in [1.82, 2.24) is 22.0 Å². The minimum absolute atomic E-state index is 0.994. The third-order valence-electron chi connectivity index (χ3n) is 20.3. The van der Waals surface area contributed by atoms with Crippen LogP contribution >= 0.6 is 0 Å². The lowest BCUT2D eigenvalue weighted by Crippen LogP contribution is -2.30. The van der Waals surface area contributed by atoms with Crippen molar-refractivity contribution in [2.45, 2.75) is 32.7 Å². The van der Waals surface area contributed by atoms with Gasteiger partial charge in [0.15, 0.2) is 55.2 Å². The van der Waals surface area contributed by atoms with Gasteiger partial charge in [-0.05, 0) is 118 Å². The number of hydrogen-bond acceptors (Lipinski definition) is 0. The van der Waals surface area contributed by atoms with Gasteiger partial charge in [-0.15, -0.1) is 0 Å². The van der Waals surface area contributed by atoms with Crippen molar-refractivity contribution in [3.05, 3.63) is 301 Å². The van der Waals surface area contributed by atoms with Crippen LogP contribution in [0.2, 0.25) is 0 Å². The molecule has 25 rings (SSSR count). The molecule has 420 valence electrons. The van der Waals surface area contributed by atoms with Gasteiger partial charge in [-0.3, -0.25) is 0 Å². The molecule has 10 aromatic carbocycles. The van der Waals surface area contributed by atoms with E-state index in [1.54, 1.807) is 0 Å². The van der Waals surface area contributed by atoms with Crippen LogP contribution in [-0.2, 0) is 32.7 Å². The predicted molar refractivity (Wildman–Crippen MR) is 359 cm³/mol. The molecule has 0 atom stereocenters. The normalized spacial score (nSPS) is 13.3. The summed E-state index contributed by atoms with van der Waals surface area (Å²) in [5.41, 5.74) is 26.9. The van der Waals surface area contributed by atoms with Crippen LogP contribution in [0.5, 0.6) is 0 Å². The highest BCUT2D eigenvalue weighted by atomic mass is 15.2.